The quantitative estimate of drug-likeness (QED) is 0.691. The van der Waals surface area contributed by atoms with E-state index in [0.29, 0.717) is 12.2 Å². The molecule has 0 atom stereocenters. The molecule has 0 bridgehead atoms. The topological polar surface area (TPSA) is 51.1 Å². The van der Waals surface area contributed by atoms with E-state index in [1.165, 1.54) is 0 Å². The molecule has 2 aromatic carbocycles. The van der Waals surface area contributed by atoms with Crippen molar-refractivity contribution >= 4 is 23.4 Å². The number of hydrogen-bond donors (Lipinski definition) is 1. The molecule has 3 aromatic rings. The Morgan fingerprint density at radius 1 is 1.08 bits per heavy atom. The van der Waals surface area contributed by atoms with Gasteiger partial charge in [0.2, 0.25) is 0 Å². The Labute approximate surface area is 156 Å². The van der Waals surface area contributed by atoms with Crippen LogP contribution in [-0.4, -0.2) is 16.7 Å². The standard InChI is InChI=1S/C21H20N2O2S/c1-15-7-5-8-16(13-15)14-23-12-6-9-17(21(23)25)20(24)22-18-10-3-4-11-19(18)26-2/h3-13H,14H2,1-2H3,(H,22,24). The van der Waals surface area contributed by atoms with Crippen molar-refractivity contribution in [1.29, 1.82) is 0 Å². The van der Waals surface area contributed by atoms with Crippen molar-refractivity contribution in [2.24, 2.45) is 0 Å². The number of nitrogens with one attached hydrogen (secondary N) is 1. The van der Waals surface area contributed by atoms with Gasteiger partial charge in [-0.15, -0.1) is 11.8 Å². The number of aromatic nitrogens is 1. The van der Waals surface area contributed by atoms with E-state index in [1.54, 1.807) is 34.7 Å². The highest BCUT2D eigenvalue weighted by Gasteiger charge is 2.14. The van der Waals surface area contributed by atoms with E-state index in [2.05, 4.69) is 5.32 Å². The number of hydrogen-bond acceptors (Lipinski definition) is 3. The summed E-state index contributed by atoms with van der Waals surface area (Å²) >= 11 is 1.55. The van der Waals surface area contributed by atoms with Gasteiger partial charge in [-0.3, -0.25) is 9.59 Å². The van der Waals surface area contributed by atoms with Gasteiger partial charge in [-0.1, -0.05) is 42.0 Å². The number of rotatable bonds is 5. The van der Waals surface area contributed by atoms with Gasteiger partial charge in [-0.2, -0.15) is 0 Å². The first-order chi connectivity index (χ1) is 12.6. The summed E-state index contributed by atoms with van der Waals surface area (Å²) in [5.41, 5.74) is 2.71. The zero-order valence-electron chi connectivity index (χ0n) is 14.7. The van der Waals surface area contributed by atoms with E-state index < -0.39 is 5.91 Å². The lowest BCUT2D eigenvalue weighted by Gasteiger charge is -2.11. The molecule has 1 N–H and O–H groups in total. The average molecular weight is 364 g/mol. The van der Waals surface area contributed by atoms with Crippen LogP contribution in [0.4, 0.5) is 5.69 Å². The third kappa shape index (κ3) is 4.06. The molecule has 132 valence electrons. The van der Waals surface area contributed by atoms with Crippen LogP contribution in [0.15, 0.2) is 76.6 Å². The molecule has 1 aromatic heterocycles. The largest absolute Gasteiger partial charge is 0.321 e. The Bertz CT molecular complexity index is 995. The Morgan fingerprint density at radius 2 is 1.88 bits per heavy atom. The summed E-state index contributed by atoms with van der Waals surface area (Å²) in [6, 6.07) is 18.8. The molecule has 26 heavy (non-hydrogen) atoms. The molecule has 0 aliphatic heterocycles. The first-order valence-electron chi connectivity index (χ1n) is 8.28. The second-order valence-electron chi connectivity index (χ2n) is 6.00. The third-order valence-electron chi connectivity index (χ3n) is 4.06. The van der Waals surface area contributed by atoms with Crippen LogP contribution in [0.2, 0.25) is 0 Å². The lowest BCUT2D eigenvalue weighted by atomic mass is 10.1. The number of aryl methyl sites for hydroxylation is 1. The van der Waals surface area contributed by atoms with Crippen molar-refractivity contribution in [3.63, 3.8) is 0 Å². The van der Waals surface area contributed by atoms with Gasteiger partial charge in [0.15, 0.2) is 0 Å². The molecule has 3 rings (SSSR count). The number of amides is 1. The number of thioether (sulfide) groups is 1. The fourth-order valence-corrected chi connectivity index (χ4v) is 3.33. The maximum absolute atomic E-state index is 12.7. The summed E-state index contributed by atoms with van der Waals surface area (Å²) in [6.07, 6.45) is 3.65. The summed E-state index contributed by atoms with van der Waals surface area (Å²) in [5, 5.41) is 2.85. The summed E-state index contributed by atoms with van der Waals surface area (Å²) < 4.78 is 1.56. The van der Waals surface area contributed by atoms with E-state index in [4.69, 9.17) is 0 Å². The van der Waals surface area contributed by atoms with Gasteiger partial charge in [0.05, 0.1) is 12.2 Å². The summed E-state index contributed by atoms with van der Waals surface area (Å²) in [6.45, 7) is 2.45. The van der Waals surface area contributed by atoms with Crippen LogP contribution < -0.4 is 10.9 Å². The molecule has 0 aliphatic carbocycles. The highest BCUT2D eigenvalue weighted by atomic mass is 32.2. The molecule has 0 spiro atoms. The fraction of sp³-hybridized carbons (Fsp3) is 0.143. The van der Waals surface area contributed by atoms with Gasteiger partial charge < -0.3 is 9.88 Å². The highest BCUT2D eigenvalue weighted by Crippen LogP contribution is 2.24. The SMILES string of the molecule is CSc1ccccc1NC(=O)c1cccn(Cc2cccc(C)c2)c1=O. The second kappa shape index (κ2) is 8.06. The smallest absolute Gasteiger partial charge is 0.263 e. The summed E-state index contributed by atoms with van der Waals surface area (Å²) in [7, 11) is 0. The van der Waals surface area contributed by atoms with Crippen molar-refractivity contribution in [2.45, 2.75) is 18.4 Å². The minimum atomic E-state index is -0.393. The lowest BCUT2D eigenvalue weighted by molar-refractivity contribution is 0.102. The maximum Gasteiger partial charge on any atom is 0.263 e. The van der Waals surface area contributed by atoms with Gasteiger partial charge in [0, 0.05) is 11.1 Å². The summed E-state index contributed by atoms with van der Waals surface area (Å²) in [4.78, 5) is 26.3. The van der Waals surface area contributed by atoms with Gasteiger partial charge in [-0.25, -0.2) is 0 Å². The number of carbonyl (C=O) groups excluding carboxylic acids is 1. The average Bonchev–Trinajstić information content (AvgIpc) is 2.64. The van der Waals surface area contributed by atoms with Crippen molar-refractivity contribution in [2.75, 3.05) is 11.6 Å². The van der Waals surface area contributed by atoms with Crippen LogP contribution in [0.3, 0.4) is 0 Å². The zero-order valence-corrected chi connectivity index (χ0v) is 15.5. The van der Waals surface area contributed by atoms with Gasteiger partial charge in [-0.05, 0) is 43.0 Å². The van der Waals surface area contributed by atoms with Crippen molar-refractivity contribution in [1.82, 2.24) is 4.57 Å². The second-order valence-corrected chi connectivity index (χ2v) is 6.85. The Morgan fingerprint density at radius 3 is 2.65 bits per heavy atom. The van der Waals surface area contributed by atoms with Gasteiger partial charge >= 0.3 is 0 Å². The van der Waals surface area contributed by atoms with Gasteiger partial charge in [0.25, 0.3) is 11.5 Å². The molecular weight excluding hydrogens is 344 g/mol. The number of para-hydroxylation sites is 1. The monoisotopic (exact) mass is 364 g/mol. The Balaban J connectivity index is 1.87. The van der Waals surface area contributed by atoms with Crippen LogP contribution in [0, 0.1) is 6.92 Å². The van der Waals surface area contributed by atoms with E-state index in [0.717, 1.165) is 16.0 Å². The molecule has 0 unspecified atom stereocenters. The molecule has 1 amide bonds. The normalized spacial score (nSPS) is 10.5. The number of pyridine rings is 1. The molecule has 0 saturated heterocycles. The fourth-order valence-electron chi connectivity index (χ4n) is 2.78. The number of nitrogens with zero attached hydrogens (tertiary/aromatic N) is 1. The molecule has 0 fully saturated rings. The van der Waals surface area contributed by atoms with Crippen LogP contribution in [-0.2, 0) is 6.54 Å². The molecule has 4 nitrogen and oxygen atoms in total. The van der Waals surface area contributed by atoms with Crippen LogP contribution >= 0.6 is 11.8 Å². The molecule has 5 heteroatoms. The van der Waals surface area contributed by atoms with Crippen LogP contribution in [0.25, 0.3) is 0 Å². The van der Waals surface area contributed by atoms with E-state index in [-0.39, 0.29) is 11.1 Å². The van der Waals surface area contributed by atoms with Crippen LogP contribution in [0.1, 0.15) is 21.5 Å². The van der Waals surface area contributed by atoms with E-state index in [9.17, 15) is 9.59 Å². The number of anilines is 1. The van der Waals surface area contributed by atoms with Crippen molar-refractivity contribution in [3.8, 4) is 0 Å². The Hall–Kier alpha value is -2.79. The number of benzene rings is 2. The number of carbonyl (C=O) groups is 1. The third-order valence-corrected chi connectivity index (χ3v) is 4.85. The van der Waals surface area contributed by atoms with E-state index >= 15 is 0 Å². The zero-order chi connectivity index (χ0) is 18.5. The highest BCUT2D eigenvalue weighted by molar-refractivity contribution is 7.98. The molecule has 1 heterocycles. The van der Waals surface area contributed by atoms with Gasteiger partial charge in [0.1, 0.15) is 5.56 Å². The van der Waals surface area contributed by atoms with Crippen LogP contribution in [0.5, 0.6) is 0 Å². The molecule has 0 saturated carbocycles. The molecular formula is C21H20N2O2S. The minimum Gasteiger partial charge on any atom is -0.321 e. The van der Waals surface area contributed by atoms with Crippen molar-refractivity contribution < 1.29 is 4.79 Å². The van der Waals surface area contributed by atoms with Crippen molar-refractivity contribution in [3.05, 3.63) is 93.9 Å². The predicted molar refractivity (Wildman–Crippen MR) is 107 cm³/mol. The minimum absolute atomic E-state index is 0.135. The Kier molecular flexibility index (Phi) is 5.58. The maximum atomic E-state index is 12.7. The lowest BCUT2D eigenvalue weighted by Crippen LogP contribution is -2.29. The first-order valence-corrected chi connectivity index (χ1v) is 9.50. The molecule has 0 radical (unpaired) electrons. The molecule has 0 aliphatic rings. The predicted octanol–water partition coefficient (Wildman–Crippen LogP) is 4.18. The summed E-state index contributed by atoms with van der Waals surface area (Å²) in [5.74, 6) is -0.393. The first kappa shape index (κ1) is 18.0. The van der Waals surface area contributed by atoms with E-state index in [1.807, 2.05) is 61.7 Å².